The number of rotatable bonds is 9. The Kier molecular flexibility index (Phi) is 7.12. The summed E-state index contributed by atoms with van der Waals surface area (Å²) in [5.74, 6) is 0.893. The number of hydrogen-bond acceptors (Lipinski definition) is 9. The SMILES string of the molecule is CCOC(=O)c1ccc(Nc2ncnc(Nc3ccc(Oc4ccccc4)cc3)c2[N+](=O)[O-])cc1. The van der Waals surface area contributed by atoms with Crippen molar-refractivity contribution >= 4 is 34.7 Å². The van der Waals surface area contributed by atoms with E-state index in [9.17, 15) is 14.9 Å². The minimum atomic E-state index is -0.565. The van der Waals surface area contributed by atoms with Crippen LogP contribution in [0.5, 0.6) is 11.5 Å². The van der Waals surface area contributed by atoms with Crippen LogP contribution >= 0.6 is 0 Å². The fourth-order valence-corrected chi connectivity index (χ4v) is 3.14. The molecule has 0 fully saturated rings. The summed E-state index contributed by atoms with van der Waals surface area (Å²) in [7, 11) is 0. The number of hydrogen-bond donors (Lipinski definition) is 2. The second-order valence-electron chi connectivity index (χ2n) is 7.16. The van der Waals surface area contributed by atoms with Crippen molar-refractivity contribution in [1.29, 1.82) is 0 Å². The highest BCUT2D eigenvalue weighted by atomic mass is 16.6. The second kappa shape index (κ2) is 10.8. The van der Waals surface area contributed by atoms with E-state index < -0.39 is 10.9 Å². The Morgan fingerprint density at radius 3 is 1.94 bits per heavy atom. The first kappa shape index (κ1) is 23.2. The van der Waals surface area contributed by atoms with Gasteiger partial charge in [0, 0.05) is 11.4 Å². The van der Waals surface area contributed by atoms with E-state index in [1.165, 1.54) is 6.33 Å². The molecule has 0 unspecified atom stereocenters. The number of nitro groups is 1. The Labute approximate surface area is 200 Å². The number of carbonyl (C=O) groups excluding carboxylic acids is 1. The van der Waals surface area contributed by atoms with Gasteiger partial charge in [-0.1, -0.05) is 18.2 Å². The van der Waals surface area contributed by atoms with Crippen molar-refractivity contribution < 1.29 is 19.2 Å². The number of ether oxygens (including phenoxy) is 2. The number of nitrogens with zero attached hydrogens (tertiary/aromatic N) is 3. The maximum atomic E-state index is 11.9. The number of aromatic nitrogens is 2. The predicted octanol–water partition coefficient (Wildman–Crippen LogP) is 5.84. The molecule has 0 saturated heterocycles. The number of para-hydroxylation sites is 1. The fraction of sp³-hybridized carbons (Fsp3) is 0.0800. The van der Waals surface area contributed by atoms with Crippen LogP contribution in [-0.4, -0.2) is 27.5 Å². The van der Waals surface area contributed by atoms with Gasteiger partial charge in [0.15, 0.2) is 0 Å². The molecule has 0 atom stereocenters. The van der Waals surface area contributed by atoms with Gasteiger partial charge in [-0.2, -0.15) is 0 Å². The molecule has 4 rings (SSSR count). The largest absolute Gasteiger partial charge is 0.462 e. The first-order valence-electron chi connectivity index (χ1n) is 10.7. The summed E-state index contributed by atoms with van der Waals surface area (Å²) in [4.78, 5) is 31.2. The molecule has 0 amide bonds. The highest BCUT2D eigenvalue weighted by molar-refractivity contribution is 5.90. The molecule has 0 radical (unpaired) electrons. The first-order valence-corrected chi connectivity index (χ1v) is 10.7. The van der Waals surface area contributed by atoms with Gasteiger partial charge in [-0.15, -0.1) is 0 Å². The molecule has 1 heterocycles. The number of esters is 1. The van der Waals surface area contributed by atoms with Crippen LogP contribution in [0.15, 0.2) is 85.2 Å². The summed E-state index contributed by atoms with van der Waals surface area (Å²) in [5, 5.41) is 17.7. The molecule has 2 N–H and O–H groups in total. The van der Waals surface area contributed by atoms with E-state index in [0.717, 1.165) is 0 Å². The first-order chi connectivity index (χ1) is 17.0. The third-order valence-electron chi connectivity index (χ3n) is 4.76. The Morgan fingerprint density at radius 1 is 0.857 bits per heavy atom. The predicted molar refractivity (Wildman–Crippen MR) is 131 cm³/mol. The molecule has 0 aliphatic heterocycles. The smallest absolute Gasteiger partial charge is 0.353 e. The molecule has 3 aromatic carbocycles. The Balaban J connectivity index is 1.51. The van der Waals surface area contributed by atoms with Crippen molar-refractivity contribution in [2.24, 2.45) is 0 Å². The maximum Gasteiger partial charge on any atom is 0.353 e. The zero-order chi connectivity index (χ0) is 24.6. The van der Waals surface area contributed by atoms with Gasteiger partial charge >= 0.3 is 11.7 Å². The van der Waals surface area contributed by atoms with E-state index in [1.807, 2.05) is 30.3 Å². The van der Waals surface area contributed by atoms with Crippen molar-refractivity contribution in [3.63, 3.8) is 0 Å². The van der Waals surface area contributed by atoms with E-state index in [1.54, 1.807) is 55.5 Å². The molecule has 176 valence electrons. The van der Waals surface area contributed by atoms with E-state index in [-0.39, 0.29) is 23.9 Å². The highest BCUT2D eigenvalue weighted by Crippen LogP contribution is 2.33. The maximum absolute atomic E-state index is 11.9. The zero-order valence-corrected chi connectivity index (χ0v) is 18.7. The van der Waals surface area contributed by atoms with Crippen LogP contribution in [0.3, 0.4) is 0 Å². The quantitative estimate of drug-likeness (QED) is 0.176. The Hall–Kier alpha value is -4.99. The van der Waals surface area contributed by atoms with Crippen LogP contribution in [0.2, 0.25) is 0 Å². The van der Waals surface area contributed by atoms with Gasteiger partial charge in [0.05, 0.1) is 17.1 Å². The summed E-state index contributed by atoms with van der Waals surface area (Å²) < 4.78 is 10.7. The number of benzene rings is 3. The van der Waals surface area contributed by atoms with Gasteiger partial charge in [0.1, 0.15) is 17.8 Å². The molecule has 10 nitrogen and oxygen atoms in total. The van der Waals surface area contributed by atoms with Gasteiger partial charge in [-0.3, -0.25) is 10.1 Å². The minimum Gasteiger partial charge on any atom is -0.462 e. The molecule has 10 heteroatoms. The lowest BCUT2D eigenvalue weighted by molar-refractivity contribution is -0.383. The Bertz CT molecular complexity index is 1310. The zero-order valence-electron chi connectivity index (χ0n) is 18.7. The van der Waals surface area contributed by atoms with E-state index in [2.05, 4.69) is 20.6 Å². The topological polar surface area (TPSA) is 129 Å². The Morgan fingerprint density at radius 2 is 1.40 bits per heavy atom. The lowest BCUT2D eigenvalue weighted by atomic mass is 10.2. The average Bonchev–Trinajstić information content (AvgIpc) is 2.86. The molecule has 0 bridgehead atoms. The van der Waals surface area contributed by atoms with Crippen molar-refractivity contribution in [3.8, 4) is 11.5 Å². The summed E-state index contributed by atoms with van der Waals surface area (Å²) >= 11 is 0. The van der Waals surface area contributed by atoms with Crippen LogP contribution in [0.25, 0.3) is 0 Å². The molecule has 35 heavy (non-hydrogen) atoms. The third kappa shape index (κ3) is 5.88. The lowest BCUT2D eigenvalue weighted by Crippen LogP contribution is -2.06. The van der Waals surface area contributed by atoms with Crippen LogP contribution < -0.4 is 15.4 Å². The van der Waals surface area contributed by atoms with E-state index in [0.29, 0.717) is 28.4 Å². The third-order valence-corrected chi connectivity index (χ3v) is 4.76. The fourth-order valence-electron chi connectivity index (χ4n) is 3.14. The molecule has 0 spiro atoms. The second-order valence-corrected chi connectivity index (χ2v) is 7.16. The van der Waals surface area contributed by atoms with Crippen LogP contribution in [-0.2, 0) is 4.74 Å². The highest BCUT2D eigenvalue weighted by Gasteiger charge is 2.23. The normalized spacial score (nSPS) is 10.3. The van der Waals surface area contributed by atoms with Crippen LogP contribution in [0.4, 0.5) is 28.7 Å². The van der Waals surface area contributed by atoms with Gasteiger partial charge < -0.3 is 20.1 Å². The summed E-state index contributed by atoms with van der Waals surface area (Å²) in [6, 6.07) is 22.6. The molecule has 0 aliphatic rings. The molecule has 0 saturated carbocycles. The molecule has 0 aliphatic carbocycles. The van der Waals surface area contributed by atoms with Crippen molar-refractivity contribution in [2.75, 3.05) is 17.2 Å². The lowest BCUT2D eigenvalue weighted by Gasteiger charge is -2.11. The number of nitrogens with one attached hydrogen (secondary N) is 2. The molecule has 4 aromatic rings. The summed E-state index contributed by atoms with van der Waals surface area (Å²) in [5.41, 5.74) is 1.13. The van der Waals surface area contributed by atoms with Gasteiger partial charge in [-0.25, -0.2) is 14.8 Å². The number of carbonyl (C=O) groups is 1. The van der Waals surface area contributed by atoms with Crippen molar-refractivity contribution in [3.05, 3.63) is 101 Å². The van der Waals surface area contributed by atoms with E-state index >= 15 is 0 Å². The van der Waals surface area contributed by atoms with Gasteiger partial charge in [-0.05, 0) is 67.6 Å². The van der Waals surface area contributed by atoms with Crippen molar-refractivity contribution in [1.82, 2.24) is 9.97 Å². The average molecular weight is 471 g/mol. The standard InChI is InChI=1S/C25H21N5O5/c1-2-34-25(31)17-8-10-18(11-9-17)28-23-22(30(32)33)24(27-16-26-23)29-19-12-14-21(15-13-19)35-20-6-4-3-5-7-20/h3-16H,2H2,1H3,(H2,26,27,28,29). The van der Waals surface area contributed by atoms with Crippen LogP contribution in [0.1, 0.15) is 17.3 Å². The summed E-state index contributed by atoms with van der Waals surface area (Å²) in [6.07, 6.45) is 1.22. The van der Waals surface area contributed by atoms with Crippen molar-refractivity contribution in [2.45, 2.75) is 6.92 Å². The van der Waals surface area contributed by atoms with Crippen LogP contribution in [0, 0.1) is 10.1 Å². The summed E-state index contributed by atoms with van der Waals surface area (Å²) in [6.45, 7) is 1.99. The molecule has 1 aromatic heterocycles. The van der Waals surface area contributed by atoms with Gasteiger partial charge in [0.2, 0.25) is 11.6 Å². The van der Waals surface area contributed by atoms with Gasteiger partial charge in [0.25, 0.3) is 0 Å². The monoisotopic (exact) mass is 471 g/mol. The minimum absolute atomic E-state index is 0.000385. The number of anilines is 4. The molecular weight excluding hydrogens is 450 g/mol. The molecular formula is C25H21N5O5. The van der Waals surface area contributed by atoms with E-state index in [4.69, 9.17) is 9.47 Å².